The molecule has 3 amide bonds. The van der Waals surface area contributed by atoms with E-state index in [4.69, 9.17) is 9.47 Å². The van der Waals surface area contributed by atoms with E-state index in [0.717, 1.165) is 17.7 Å². The van der Waals surface area contributed by atoms with Crippen molar-refractivity contribution in [2.75, 3.05) is 33.9 Å². The lowest BCUT2D eigenvalue weighted by Gasteiger charge is -2.33. The summed E-state index contributed by atoms with van der Waals surface area (Å²) in [5, 5.41) is 2.98. The number of carbonyl (C=O) groups excluding carboxylic acids is 2. The van der Waals surface area contributed by atoms with E-state index in [1.165, 1.54) is 0 Å². The maximum atomic E-state index is 13.3. The summed E-state index contributed by atoms with van der Waals surface area (Å²) < 4.78 is 10.7. The molecule has 0 bridgehead atoms. The third-order valence-corrected chi connectivity index (χ3v) is 5.29. The number of hydrogen-bond acceptors (Lipinski definition) is 4. The number of nitrogens with zero attached hydrogens (tertiary/aromatic N) is 2. The number of ether oxygens (including phenoxy) is 2. The molecule has 7 heteroatoms. The number of urea groups is 1. The van der Waals surface area contributed by atoms with Gasteiger partial charge in [0.2, 0.25) is 0 Å². The molecular formula is C22H29N3O4. The van der Waals surface area contributed by atoms with E-state index in [1.807, 2.05) is 17.0 Å². The van der Waals surface area contributed by atoms with E-state index in [2.05, 4.69) is 25.7 Å². The van der Waals surface area contributed by atoms with Crippen LogP contribution in [0.25, 0.3) is 0 Å². The standard InChI is InChI=1S/C22H29N3O4/c1-6-8-25-18-13-24(9-7-14(2)3)21(26)19(18)20(23-22(25)27)15-10-16(28-4)12-17(11-15)29-5/h6,10-12,14,20H,1,7-9,13H2,2-5H3,(H,23,27)/t20-/m1/s1. The average molecular weight is 399 g/mol. The molecule has 1 atom stereocenters. The van der Waals surface area contributed by atoms with Crippen LogP contribution in [0.3, 0.4) is 0 Å². The second-order valence-corrected chi connectivity index (χ2v) is 7.70. The number of carbonyl (C=O) groups is 2. The molecule has 0 spiro atoms. The molecule has 2 aliphatic rings. The van der Waals surface area contributed by atoms with Crippen LogP contribution in [0.2, 0.25) is 0 Å². The highest BCUT2D eigenvalue weighted by atomic mass is 16.5. The van der Waals surface area contributed by atoms with Crippen LogP contribution in [-0.4, -0.2) is 55.6 Å². The van der Waals surface area contributed by atoms with Gasteiger partial charge in [-0.1, -0.05) is 19.9 Å². The third-order valence-electron chi connectivity index (χ3n) is 5.29. The zero-order valence-corrected chi connectivity index (χ0v) is 17.5. The fourth-order valence-electron chi connectivity index (χ4n) is 3.71. The minimum Gasteiger partial charge on any atom is -0.497 e. The number of amides is 3. The molecule has 7 nitrogen and oxygen atoms in total. The predicted molar refractivity (Wildman–Crippen MR) is 111 cm³/mol. The number of hydrogen-bond donors (Lipinski definition) is 1. The maximum Gasteiger partial charge on any atom is 0.322 e. The number of benzene rings is 1. The van der Waals surface area contributed by atoms with Gasteiger partial charge in [-0.05, 0) is 30.0 Å². The van der Waals surface area contributed by atoms with Crippen molar-refractivity contribution >= 4 is 11.9 Å². The molecule has 0 aromatic heterocycles. The summed E-state index contributed by atoms with van der Waals surface area (Å²) in [6, 6.07) is 4.61. The first-order chi connectivity index (χ1) is 13.9. The van der Waals surface area contributed by atoms with Gasteiger partial charge in [-0.2, -0.15) is 0 Å². The Morgan fingerprint density at radius 3 is 2.41 bits per heavy atom. The molecule has 1 aromatic rings. The highest BCUT2D eigenvalue weighted by Gasteiger charge is 2.43. The fraction of sp³-hybridized carbons (Fsp3) is 0.455. The molecule has 1 aromatic carbocycles. The molecule has 0 unspecified atom stereocenters. The normalized spacial score (nSPS) is 18.9. The van der Waals surface area contributed by atoms with Crippen molar-refractivity contribution in [2.24, 2.45) is 5.92 Å². The van der Waals surface area contributed by atoms with E-state index in [-0.39, 0.29) is 11.9 Å². The summed E-state index contributed by atoms with van der Waals surface area (Å²) in [6.07, 6.45) is 2.58. The highest BCUT2D eigenvalue weighted by molar-refractivity contribution is 6.01. The Morgan fingerprint density at radius 1 is 1.21 bits per heavy atom. The van der Waals surface area contributed by atoms with Crippen LogP contribution in [0.1, 0.15) is 31.9 Å². The largest absolute Gasteiger partial charge is 0.497 e. The summed E-state index contributed by atoms with van der Waals surface area (Å²) in [6.45, 7) is 9.46. The SMILES string of the molecule is C=CCN1C(=O)N[C@H](c2cc(OC)cc(OC)c2)C2=C1CN(CCC(C)C)C2=O. The first-order valence-corrected chi connectivity index (χ1v) is 9.83. The molecule has 0 saturated heterocycles. The van der Waals surface area contributed by atoms with Gasteiger partial charge >= 0.3 is 6.03 Å². The topological polar surface area (TPSA) is 71.1 Å². The summed E-state index contributed by atoms with van der Waals surface area (Å²) in [5.74, 6) is 1.65. The monoisotopic (exact) mass is 399 g/mol. The zero-order chi connectivity index (χ0) is 21.1. The summed E-state index contributed by atoms with van der Waals surface area (Å²) >= 11 is 0. The Morgan fingerprint density at radius 2 is 1.86 bits per heavy atom. The molecular weight excluding hydrogens is 370 g/mol. The molecule has 0 fully saturated rings. The Bertz CT molecular complexity index is 824. The van der Waals surface area contributed by atoms with Crippen molar-refractivity contribution in [1.82, 2.24) is 15.1 Å². The lowest BCUT2D eigenvalue weighted by Crippen LogP contribution is -2.47. The van der Waals surface area contributed by atoms with Crippen LogP contribution in [0.4, 0.5) is 4.79 Å². The van der Waals surface area contributed by atoms with Crippen molar-refractivity contribution in [3.05, 3.63) is 47.7 Å². The minimum atomic E-state index is -0.556. The summed E-state index contributed by atoms with van der Waals surface area (Å²) in [5.41, 5.74) is 2.10. The molecule has 0 radical (unpaired) electrons. The minimum absolute atomic E-state index is 0.0403. The lowest BCUT2D eigenvalue weighted by molar-refractivity contribution is -0.125. The Balaban J connectivity index is 2.03. The molecule has 2 aliphatic heterocycles. The quantitative estimate of drug-likeness (QED) is 0.682. The van der Waals surface area contributed by atoms with E-state index in [1.54, 1.807) is 31.3 Å². The number of rotatable bonds is 8. The smallest absolute Gasteiger partial charge is 0.322 e. The molecule has 156 valence electrons. The predicted octanol–water partition coefficient (Wildman–Crippen LogP) is 3.10. The molecule has 2 heterocycles. The third kappa shape index (κ3) is 4.09. The van der Waals surface area contributed by atoms with Crippen LogP contribution in [0, 0.1) is 5.92 Å². The Hall–Kier alpha value is -2.96. The lowest BCUT2D eigenvalue weighted by atomic mass is 9.95. The van der Waals surface area contributed by atoms with Gasteiger partial charge < -0.3 is 19.7 Å². The first kappa shape index (κ1) is 20.8. The van der Waals surface area contributed by atoms with Crippen LogP contribution < -0.4 is 14.8 Å². The van der Waals surface area contributed by atoms with Crippen molar-refractivity contribution < 1.29 is 19.1 Å². The van der Waals surface area contributed by atoms with Crippen LogP contribution in [-0.2, 0) is 4.79 Å². The summed E-state index contributed by atoms with van der Waals surface area (Å²) in [4.78, 5) is 29.6. The van der Waals surface area contributed by atoms with Gasteiger partial charge in [0, 0.05) is 19.2 Å². The van der Waals surface area contributed by atoms with Crippen molar-refractivity contribution in [3.63, 3.8) is 0 Å². The van der Waals surface area contributed by atoms with E-state index in [9.17, 15) is 9.59 Å². The fourth-order valence-corrected chi connectivity index (χ4v) is 3.71. The summed E-state index contributed by atoms with van der Waals surface area (Å²) in [7, 11) is 3.14. The molecule has 3 rings (SSSR count). The van der Waals surface area contributed by atoms with Gasteiger partial charge in [-0.3, -0.25) is 9.69 Å². The zero-order valence-electron chi connectivity index (χ0n) is 17.5. The van der Waals surface area contributed by atoms with Crippen LogP contribution in [0.5, 0.6) is 11.5 Å². The Labute approximate surface area is 171 Å². The van der Waals surface area contributed by atoms with Gasteiger partial charge in [0.25, 0.3) is 5.91 Å². The second-order valence-electron chi connectivity index (χ2n) is 7.70. The van der Waals surface area contributed by atoms with Crippen LogP contribution in [0.15, 0.2) is 42.1 Å². The molecule has 1 N–H and O–H groups in total. The molecule has 29 heavy (non-hydrogen) atoms. The van der Waals surface area contributed by atoms with Gasteiger partial charge in [0.05, 0.1) is 38.1 Å². The molecule has 0 saturated carbocycles. The maximum absolute atomic E-state index is 13.3. The Kier molecular flexibility index (Phi) is 6.15. The van der Waals surface area contributed by atoms with E-state index >= 15 is 0 Å². The number of nitrogens with one attached hydrogen (secondary N) is 1. The van der Waals surface area contributed by atoms with Crippen molar-refractivity contribution in [1.29, 1.82) is 0 Å². The second kappa shape index (κ2) is 8.59. The van der Waals surface area contributed by atoms with Gasteiger partial charge in [-0.15, -0.1) is 6.58 Å². The first-order valence-electron chi connectivity index (χ1n) is 9.83. The van der Waals surface area contributed by atoms with Crippen LogP contribution >= 0.6 is 0 Å². The van der Waals surface area contributed by atoms with Crippen molar-refractivity contribution in [2.45, 2.75) is 26.3 Å². The van der Waals surface area contributed by atoms with Gasteiger partial charge in [0.15, 0.2) is 0 Å². The van der Waals surface area contributed by atoms with E-state index < -0.39 is 6.04 Å². The van der Waals surface area contributed by atoms with Gasteiger partial charge in [-0.25, -0.2) is 4.79 Å². The van der Waals surface area contributed by atoms with Crippen molar-refractivity contribution in [3.8, 4) is 11.5 Å². The average Bonchev–Trinajstić information content (AvgIpc) is 3.04. The highest BCUT2D eigenvalue weighted by Crippen LogP contribution is 2.38. The van der Waals surface area contributed by atoms with Gasteiger partial charge in [0.1, 0.15) is 11.5 Å². The molecule has 0 aliphatic carbocycles. The van der Waals surface area contributed by atoms with E-state index in [0.29, 0.717) is 42.6 Å². The number of methoxy groups -OCH3 is 2.